The number of amides is 2. The molecule has 2 aliphatic carbocycles. The SMILES string of the molecule is CO[C@H]1CCCN(C)[C@@H]1[C@H](C)Oc1cc(-n2ccc(NC(=O)N[C@H]3CCOC3)n2)nc(-c2noc3c2CCCC32CCCc3sc(N)c(C#N)c32)n1. The zero-order valence-corrected chi connectivity index (χ0v) is 30.5. The standard InChI is InChI=1S/C36H44N10O5S/c1-20(31-24(48-3)8-6-14-45(31)2)50-28-17-27(46-15-10-26(43-46)40-35(47)39-21-11-16-49-19-21)41-34(42-28)30-22-7-4-12-36(32(22)51-44-30)13-5-9-25-29(36)23(18-37)33(38)52-25/h10,15,17,20-21,24,31H,4-9,11-14,16,19,38H2,1-3H3,(H2,39,40,43,47)/t20-,21-,24-,31+,36?/m0/s1. The van der Waals surface area contributed by atoms with Crippen LogP contribution in [-0.4, -0.2) is 94.0 Å². The van der Waals surface area contributed by atoms with E-state index in [1.807, 2.05) is 6.92 Å². The lowest BCUT2D eigenvalue weighted by molar-refractivity contribution is -0.0502. The summed E-state index contributed by atoms with van der Waals surface area (Å²) < 4.78 is 25.7. The van der Waals surface area contributed by atoms with Crippen molar-refractivity contribution < 1.29 is 23.5 Å². The average Bonchev–Trinajstić information content (AvgIpc) is 3.95. The molecule has 16 heteroatoms. The summed E-state index contributed by atoms with van der Waals surface area (Å²) in [5.74, 6) is 2.25. The second-order valence-corrected chi connectivity index (χ2v) is 15.4. The summed E-state index contributed by atoms with van der Waals surface area (Å²) in [6.45, 7) is 4.10. The minimum Gasteiger partial charge on any atom is -0.473 e. The van der Waals surface area contributed by atoms with Gasteiger partial charge in [-0.25, -0.2) is 14.5 Å². The van der Waals surface area contributed by atoms with Gasteiger partial charge in [0.2, 0.25) is 5.88 Å². The number of methoxy groups -OCH3 is 1. The van der Waals surface area contributed by atoms with E-state index in [0.717, 1.165) is 86.1 Å². The van der Waals surface area contributed by atoms with E-state index in [1.54, 1.807) is 30.1 Å². The summed E-state index contributed by atoms with van der Waals surface area (Å²) >= 11 is 1.51. The maximum absolute atomic E-state index is 12.7. The number of aromatic nitrogens is 5. The Balaban J connectivity index is 1.16. The van der Waals surface area contributed by atoms with Crippen molar-refractivity contribution in [3.63, 3.8) is 0 Å². The van der Waals surface area contributed by atoms with Crippen LogP contribution in [0.5, 0.6) is 5.88 Å². The van der Waals surface area contributed by atoms with E-state index in [-0.39, 0.29) is 30.3 Å². The summed E-state index contributed by atoms with van der Waals surface area (Å²) in [7, 11) is 3.84. The first-order chi connectivity index (χ1) is 25.3. The predicted molar refractivity (Wildman–Crippen MR) is 193 cm³/mol. The molecule has 6 heterocycles. The van der Waals surface area contributed by atoms with Gasteiger partial charge in [0.25, 0.3) is 0 Å². The van der Waals surface area contributed by atoms with E-state index in [9.17, 15) is 10.1 Å². The summed E-state index contributed by atoms with van der Waals surface area (Å²) in [4.78, 5) is 26.0. The molecule has 52 heavy (non-hydrogen) atoms. The number of carbonyl (C=O) groups excluding carboxylic acids is 1. The zero-order chi connectivity index (χ0) is 36.0. The Morgan fingerprint density at radius 1 is 1.23 bits per heavy atom. The largest absolute Gasteiger partial charge is 0.473 e. The van der Waals surface area contributed by atoms with Crippen molar-refractivity contribution in [2.24, 2.45) is 0 Å². The van der Waals surface area contributed by atoms with Crippen LogP contribution in [0, 0.1) is 11.3 Å². The number of nitrogens with two attached hydrogens (primary N) is 1. The molecule has 15 nitrogen and oxygen atoms in total. The normalized spacial score (nSPS) is 24.9. The lowest BCUT2D eigenvalue weighted by Gasteiger charge is -2.41. The lowest BCUT2D eigenvalue weighted by Crippen LogP contribution is -2.54. The molecule has 274 valence electrons. The molecule has 0 saturated carbocycles. The molecule has 1 unspecified atom stereocenters. The number of piperidine rings is 1. The van der Waals surface area contributed by atoms with E-state index in [0.29, 0.717) is 52.8 Å². The maximum atomic E-state index is 12.7. The molecule has 4 aromatic rings. The number of fused-ring (bicyclic) bond motifs is 4. The van der Waals surface area contributed by atoms with E-state index in [4.69, 9.17) is 34.4 Å². The number of hydrogen-bond acceptors (Lipinski definition) is 13. The van der Waals surface area contributed by atoms with Crippen LogP contribution in [0.15, 0.2) is 22.9 Å². The second kappa shape index (κ2) is 14.1. The van der Waals surface area contributed by atoms with Gasteiger partial charge in [-0.3, -0.25) is 10.2 Å². The summed E-state index contributed by atoms with van der Waals surface area (Å²) in [5, 5.41) is 25.7. The fourth-order valence-electron chi connectivity index (χ4n) is 8.74. The summed E-state index contributed by atoms with van der Waals surface area (Å²) in [6.07, 6.45) is 9.40. The molecule has 5 atom stereocenters. The number of rotatable bonds is 8. The number of likely N-dealkylation sites (tertiary alicyclic amines) is 1. The highest BCUT2D eigenvalue weighted by atomic mass is 32.1. The smallest absolute Gasteiger partial charge is 0.320 e. The molecule has 0 aromatic carbocycles. The van der Waals surface area contributed by atoms with Gasteiger partial charge in [0.1, 0.15) is 17.2 Å². The van der Waals surface area contributed by atoms with Gasteiger partial charge in [0.05, 0.1) is 35.8 Å². The van der Waals surface area contributed by atoms with Gasteiger partial charge in [-0.15, -0.1) is 16.4 Å². The van der Waals surface area contributed by atoms with Crippen LogP contribution in [0.4, 0.5) is 15.6 Å². The van der Waals surface area contributed by atoms with E-state index in [1.165, 1.54) is 11.3 Å². The Morgan fingerprint density at radius 3 is 2.87 bits per heavy atom. The fourth-order valence-corrected chi connectivity index (χ4v) is 9.90. The number of ether oxygens (including phenoxy) is 3. The first-order valence-corrected chi connectivity index (χ1v) is 18.9. The quantitative estimate of drug-likeness (QED) is 0.229. The van der Waals surface area contributed by atoms with Crippen molar-refractivity contribution in [1.29, 1.82) is 5.26 Å². The topological polar surface area (TPSA) is 192 Å². The third-order valence-corrected chi connectivity index (χ3v) is 12.1. The van der Waals surface area contributed by atoms with Crippen LogP contribution in [0.1, 0.15) is 79.2 Å². The van der Waals surface area contributed by atoms with Gasteiger partial charge in [0.15, 0.2) is 28.9 Å². The van der Waals surface area contributed by atoms with Crippen molar-refractivity contribution in [1.82, 2.24) is 35.1 Å². The number of urea groups is 1. The first-order valence-electron chi connectivity index (χ1n) is 18.1. The molecule has 2 aliphatic heterocycles. The zero-order valence-electron chi connectivity index (χ0n) is 29.7. The summed E-state index contributed by atoms with van der Waals surface area (Å²) in [5.41, 5.74) is 8.93. The Hall–Kier alpha value is -4.56. The van der Waals surface area contributed by atoms with Gasteiger partial charge in [-0.2, -0.15) is 10.2 Å². The third kappa shape index (κ3) is 6.19. The summed E-state index contributed by atoms with van der Waals surface area (Å²) in [6, 6.07) is 5.46. The highest BCUT2D eigenvalue weighted by Crippen LogP contribution is 2.55. The van der Waals surface area contributed by atoms with E-state index >= 15 is 0 Å². The number of likely N-dealkylation sites (N-methyl/N-ethyl adjacent to an activating group) is 1. The number of thiophene rings is 1. The Morgan fingerprint density at radius 2 is 2.08 bits per heavy atom. The van der Waals surface area contributed by atoms with Gasteiger partial charge < -0.3 is 29.8 Å². The molecule has 8 rings (SSSR count). The number of anilines is 2. The Labute approximate surface area is 305 Å². The number of nitrogens with one attached hydrogen (secondary N) is 2. The highest BCUT2D eigenvalue weighted by Gasteiger charge is 2.49. The highest BCUT2D eigenvalue weighted by molar-refractivity contribution is 7.16. The molecule has 0 bridgehead atoms. The molecular formula is C36H44N10O5S. The van der Waals surface area contributed by atoms with Gasteiger partial charge in [-0.05, 0) is 83.9 Å². The first kappa shape index (κ1) is 34.5. The third-order valence-electron chi connectivity index (χ3n) is 11.1. The maximum Gasteiger partial charge on any atom is 0.320 e. The van der Waals surface area contributed by atoms with Crippen molar-refractivity contribution in [2.45, 2.75) is 94.4 Å². The van der Waals surface area contributed by atoms with Gasteiger partial charge in [0, 0.05) is 42.5 Å². The number of nitrogens with zero attached hydrogens (tertiary/aromatic N) is 7. The minimum absolute atomic E-state index is 0.0115. The monoisotopic (exact) mass is 728 g/mol. The average molecular weight is 729 g/mol. The minimum atomic E-state index is -0.481. The number of carbonyl (C=O) groups is 1. The number of nitrogen functional groups attached to an aromatic ring is 1. The molecule has 0 radical (unpaired) electrons. The molecule has 4 N–H and O–H groups in total. The van der Waals surface area contributed by atoms with E-state index in [2.05, 4.69) is 38.9 Å². The molecule has 4 aromatic heterocycles. The molecular weight excluding hydrogens is 685 g/mol. The molecule has 2 saturated heterocycles. The lowest BCUT2D eigenvalue weighted by atomic mass is 9.63. The number of hydrogen-bond donors (Lipinski definition) is 3. The number of nitriles is 1. The van der Waals surface area contributed by atoms with Crippen LogP contribution in [0.2, 0.25) is 0 Å². The van der Waals surface area contributed by atoms with Crippen LogP contribution in [0.25, 0.3) is 17.3 Å². The van der Waals surface area contributed by atoms with Crippen molar-refractivity contribution in [2.75, 3.05) is 45.0 Å². The van der Waals surface area contributed by atoms with E-state index < -0.39 is 5.41 Å². The Bertz CT molecular complexity index is 1990. The van der Waals surface area contributed by atoms with Crippen LogP contribution in [-0.2, 0) is 27.7 Å². The molecule has 2 amide bonds. The van der Waals surface area contributed by atoms with Crippen molar-refractivity contribution in [3.05, 3.63) is 45.7 Å². The van der Waals surface area contributed by atoms with Crippen LogP contribution < -0.4 is 21.1 Å². The van der Waals surface area contributed by atoms with Crippen molar-refractivity contribution in [3.8, 4) is 29.3 Å². The van der Waals surface area contributed by atoms with Gasteiger partial charge >= 0.3 is 6.03 Å². The predicted octanol–water partition coefficient (Wildman–Crippen LogP) is 4.58. The molecule has 2 fully saturated rings. The molecule has 4 aliphatic rings. The fraction of sp³-hybridized carbons (Fsp3) is 0.556. The molecule has 1 spiro atoms. The van der Waals surface area contributed by atoms with Crippen LogP contribution >= 0.6 is 11.3 Å². The van der Waals surface area contributed by atoms with Crippen molar-refractivity contribution >= 4 is 28.2 Å². The second-order valence-electron chi connectivity index (χ2n) is 14.3. The Kier molecular flexibility index (Phi) is 9.37. The van der Waals surface area contributed by atoms with Gasteiger partial charge in [-0.1, -0.05) is 5.16 Å². The van der Waals surface area contributed by atoms with Crippen LogP contribution in [0.3, 0.4) is 0 Å². The number of aryl methyl sites for hydroxylation is 1.